The van der Waals surface area contributed by atoms with E-state index in [-0.39, 0.29) is 23.6 Å². The molecule has 122 valence electrons. The van der Waals surface area contributed by atoms with Gasteiger partial charge >= 0.3 is 0 Å². The normalized spacial score (nSPS) is 21.1. The summed E-state index contributed by atoms with van der Waals surface area (Å²) in [5.41, 5.74) is 1.30. The summed E-state index contributed by atoms with van der Waals surface area (Å²) in [5.74, 6) is 1.72. The van der Waals surface area contributed by atoms with Crippen molar-refractivity contribution in [3.63, 3.8) is 0 Å². The van der Waals surface area contributed by atoms with Gasteiger partial charge in [-0.05, 0) is 44.2 Å². The first-order chi connectivity index (χ1) is 11.1. The standard InChI is InChI=1S/C15H17ClN4O3/c1-8-10(13(16)22-18-8)7-12(21)20-6-2-3-11(20)14-17-15(23-19-14)9-4-5-9/h9,11H,2-7H2,1H3/t11-/m0/s1. The summed E-state index contributed by atoms with van der Waals surface area (Å²) in [4.78, 5) is 19.0. The lowest BCUT2D eigenvalue weighted by molar-refractivity contribution is -0.131. The van der Waals surface area contributed by atoms with Crippen molar-refractivity contribution < 1.29 is 13.8 Å². The van der Waals surface area contributed by atoms with E-state index in [2.05, 4.69) is 15.3 Å². The van der Waals surface area contributed by atoms with Gasteiger partial charge in [-0.15, -0.1) is 0 Å². The largest absolute Gasteiger partial charge is 0.344 e. The molecule has 0 bridgehead atoms. The van der Waals surface area contributed by atoms with Crippen LogP contribution in [0.3, 0.4) is 0 Å². The number of aryl methyl sites for hydroxylation is 1. The maximum absolute atomic E-state index is 12.7. The third kappa shape index (κ3) is 2.73. The molecule has 0 radical (unpaired) electrons. The molecule has 1 aliphatic heterocycles. The van der Waals surface area contributed by atoms with Crippen molar-refractivity contribution in [1.82, 2.24) is 20.2 Å². The van der Waals surface area contributed by atoms with Crippen molar-refractivity contribution >= 4 is 17.5 Å². The highest BCUT2D eigenvalue weighted by molar-refractivity contribution is 6.29. The van der Waals surface area contributed by atoms with Crippen LogP contribution in [0.1, 0.15) is 60.6 Å². The summed E-state index contributed by atoms with van der Waals surface area (Å²) < 4.78 is 10.2. The van der Waals surface area contributed by atoms with Crippen molar-refractivity contribution in [2.45, 2.75) is 51.0 Å². The Morgan fingerprint density at radius 1 is 1.30 bits per heavy atom. The Hall–Kier alpha value is -1.89. The molecule has 0 N–H and O–H groups in total. The van der Waals surface area contributed by atoms with E-state index in [0.29, 0.717) is 35.4 Å². The highest BCUT2D eigenvalue weighted by Crippen LogP contribution is 2.40. The number of likely N-dealkylation sites (tertiary alicyclic amines) is 1. The molecular weight excluding hydrogens is 320 g/mol. The van der Waals surface area contributed by atoms with Crippen LogP contribution in [0.5, 0.6) is 0 Å². The predicted octanol–water partition coefficient (Wildman–Crippen LogP) is 2.80. The van der Waals surface area contributed by atoms with Crippen LogP contribution in [0.4, 0.5) is 0 Å². The lowest BCUT2D eigenvalue weighted by Crippen LogP contribution is -2.32. The van der Waals surface area contributed by atoms with Gasteiger partial charge < -0.3 is 13.9 Å². The number of amides is 1. The van der Waals surface area contributed by atoms with E-state index in [4.69, 9.17) is 20.6 Å². The molecule has 7 nitrogen and oxygen atoms in total. The Kier molecular flexibility index (Phi) is 3.60. The second-order valence-electron chi connectivity index (χ2n) is 6.21. The second-order valence-corrected chi connectivity index (χ2v) is 6.55. The third-order valence-electron chi connectivity index (χ3n) is 4.52. The molecule has 1 aliphatic carbocycles. The zero-order valence-electron chi connectivity index (χ0n) is 12.8. The third-order valence-corrected chi connectivity index (χ3v) is 4.82. The maximum Gasteiger partial charge on any atom is 0.229 e. The van der Waals surface area contributed by atoms with Crippen molar-refractivity contribution in [1.29, 1.82) is 0 Å². The van der Waals surface area contributed by atoms with Crippen molar-refractivity contribution in [3.05, 3.63) is 28.2 Å². The van der Waals surface area contributed by atoms with Gasteiger partial charge in [0.1, 0.15) is 0 Å². The minimum atomic E-state index is -0.113. The Balaban J connectivity index is 1.51. The van der Waals surface area contributed by atoms with Crippen LogP contribution < -0.4 is 0 Å². The Bertz CT molecular complexity index is 717. The number of rotatable bonds is 4. The zero-order valence-corrected chi connectivity index (χ0v) is 13.5. The molecule has 4 rings (SSSR count). The van der Waals surface area contributed by atoms with Crippen LogP contribution in [0.2, 0.25) is 5.22 Å². The van der Waals surface area contributed by atoms with E-state index < -0.39 is 0 Å². The van der Waals surface area contributed by atoms with Crippen LogP contribution in [0.15, 0.2) is 9.05 Å². The molecule has 1 saturated carbocycles. The number of aromatic nitrogens is 3. The van der Waals surface area contributed by atoms with E-state index in [0.717, 1.165) is 25.7 Å². The van der Waals surface area contributed by atoms with Crippen LogP contribution in [0, 0.1) is 6.92 Å². The van der Waals surface area contributed by atoms with Gasteiger partial charge in [-0.3, -0.25) is 4.79 Å². The van der Waals surface area contributed by atoms with Crippen molar-refractivity contribution in [3.8, 4) is 0 Å². The van der Waals surface area contributed by atoms with Crippen LogP contribution in [0.25, 0.3) is 0 Å². The minimum Gasteiger partial charge on any atom is -0.344 e. The van der Waals surface area contributed by atoms with Crippen molar-refractivity contribution in [2.24, 2.45) is 0 Å². The number of carbonyl (C=O) groups excluding carboxylic acids is 1. The summed E-state index contributed by atoms with van der Waals surface area (Å²) in [7, 11) is 0. The van der Waals surface area contributed by atoms with Crippen LogP contribution >= 0.6 is 11.6 Å². The number of halogens is 1. The van der Waals surface area contributed by atoms with E-state index in [1.807, 2.05) is 4.90 Å². The van der Waals surface area contributed by atoms with E-state index in [1.54, 1.807) is 6.92 Å². The molecular formula is C15H17ClN4O3. The molecule has 23 heavy (non-hydrogen) atoms. The number of hydrogen-bond donors (Lipinski definition) is 0. The van der Waals surface area contributed by atoms with Gasteiger partial charge in [0.05, 0.1) is 18.2 Å². The molecule has 2 fully saturated rings. The maximum atomic E-state index is 12.7. The lowest BCUT2D eigenvalue weighted by atomic mass is 10.1. The van der Waals surface area contributed by atoms with Gasteiger partial charge in [0, 0.05) is 18.0 Å². The van der Waals surface area contributed by atoms with Gasteiger partial charge in [-0.25, -0.2) is 0 Å². The average molecular weight is 337 g/mol. The van der Waals surface area contributed by atoms with Gasteiger partial charge in [0.25, 0.3) is 0 Å². The number of carbonyl (C=O) groups is 1. The molecule has 2 aromatic heterocycles. The fraction of sp³-hybridized carbons (Fsp3) is 0.600. The molecule has 0 spiro atoms. The van der Waals surface area contributed by atoms with Crippen LogP contribution in [-0.4, -0.2) is 32.6 Å². The fourth-order valence-corrected chi connectivity index (χ4v) is 3.26. The second kappa shape index (κ2) is 5.63. The van der Waals surface area contributed by atoms with E-state index in [1.165, 1.54) is 0 Å². The molecule has 0 aromatic carbocycles. The molecule has 8 heteroatoms. The minimum absolute atomic E-state index is 0.0153. The summed E-state index contributed by atoms with van der Waals surface area (Å²) >= 11 is 5.95. The van der Waals surface area contributed by atoms with Gasteiger partial charge in [0.15, 0.2) is 5.82 Å². The Morgan fingerprint density at radius 3 is 2.83 bits per heavy atom. The van der Waals surface area contributed by atoms with E-state index >= 15 is 0 Å². The first-order valence-electron chi connectivity index (χ1n) is 7.87. The monoisotopic (exact) mass is 336 g/mol. The average Bonchev–Trinajstić information content (AvgIpc) is 2.97. The highest BCUT2D eigenvalue weighted by Gasteiger charge is 2.36. The fourth-order valence-electron chi connectivity index (χ4n) is 3.02. The van der Waals surface area contributed by atoms with Gasteiger partial charge in [-0.2, -0.15) is 4.98 Å². The highest BCUT2D eigenvalue weighted by atomic mass is 35.5. The summed E-state index contributed by atoms with van der Waals surface area (Å²) in [6.07, 6.45) is 4.18. The molecule has 1 saturated heterocycles. The molecule has 2 aromatic rings. The quantitative estimate of drug-likeness (QED) is 0.853. The molecule has 3 heterocycles. The molecule has 1 amide bonds. The summed E-state index contributed by atoms with van der Waals surface area (Å²) in [6, 6.07) is -0.113. The van der Waals surface area contributed by atoms with Crippen molar-refractivity contribution in [2.75, 3.05) is 6.54 Å². The predicted molar refractivity (Wildman–Crippen MR) is 79.9 cm³/mol. The molecule has 2 aliphatic rings. The van der Waals surface area contributed by atoms with Crippen LogP contribution in [-0.2, 0) is 11.2 Å². The number of hydrogen-bond acceptors (Lipinski definition) is 6. The SMILES string of the molecule is Cc1noc(Cl)c1CC(=O)N1CCC[C@H]1c1noc(C2CC2)n1. The summed E-state index contributed by atoms with van der Waals surface area (Å²) in [5, 5.41) is 8.06. The van der Waals surface area contributed by atoms with Gasteiger partial charge in [-0.1, -0.05) is 10.3 Å². The molecule has 0 unspecified atom stereocenters. The smallest absolute Gasteiger partial charge is 0.229 e. The zero-order chi connectivity index (χ0) is 16.0. The molecule has 1 atom stereocenters. The lowest BCUT2D eigenvalue weighted by Gasteiger charge is -2.22. The Labute approximate surface area is 138 Å². The first kappa shape index (κ1) is 14.7. The first-order valence-corrected chi connectivity index (χ1v) is 8.25. The summed E-state index contributed by atoms with van der Waals surface area (Å²) in [6.45, 7) is 2.47. The number of nitrogens with zero attached hydrogens (tertiary/aromatic N) is 4. The topological polar surface area (TPSA) is 85.3 Å². The van der Waals surface area contributed by atoms with E-state index in [9.17, 15) is 4.79 Å². The Morgan fingerprint density at radius 2 is 2.13 bits per heavy atom. The van der Waals surface area contributed by atoms with Gasteiger partial charge in [0.2, 0.25) is 17.0 Å².